The van der Waals surface area contributed by atoms with E-state index in [9.17, 15) is 0 Å². The van der Waals surface area contributed by atoms with Crippen LogP contribution < -0.4 is 11.1 Å². The molecule has 0 fully saturated rings. The van der Waals surface area contributed by atoms with Crippen LogP contribution in [0.25, 0.3) is 0 Å². The molecule has 0 saturated carbocycles. The molecule has 5 nitrogen and oxygen atoms in total. The van der Waals surface area contributed by atoms with Crippen LogP contribution in [0, 0.1) is 0 Å². The first kappa shape index (κ1) is 17.8. The summed E-state index contributed by atoms with van der Waals surface area (Å²) in [7, 11) is 0. The van der Waals surface area contributed by atoms with Crippen LogP contribution in [-0.2, 0) is 25.8 Å². The van der Waals surface area contributed by atoms with Crippen LogP contribution in [-0.4, -0.2) is 11.1 Å². The molecule has 0 unspecified atom stereocenters. The van der Waals surface area contributed by atoms with Crippen molar-refractivity contribution in [1.82, 2.24) is 5.16 Å². The molecule has 23 heavy (non-hydrogen) atoms. The molecule has 1 aliphatic carbocycles. The number of nitrogens with two attached hydrogens (primary N) is 1. The van der Waals surface area contributed by atoms with E-state index in [1.807, 2.05) is 12.1 Å². The average Bonchev–Trinajstić information content (AvgIpc) is 2.96. The Morgan fingerprint density at radius 3 is 3.00 bits per heavy atom. The largest absolute Gasteiger partial charge is 0.370 e. The first-order valence-electron chi connectivity index (χ1n) is 7.88. The number of nitrogens with one attached hydrogen (secondary N) is 1. The lowest BCUT2D eigenvalue weighted by atomic mass is 9.96. The molecule has 0 aliphatic heterocycles. The van der Waals surface area contributed by atoms with E-state index in [2.05, 4.69) is 34.5 Å². The van der Waals surface area contributed by atoms with E-state index < -0.39 is 0 Å². The van der Waals surface area contributed by atoms with Crippen molar-refractivity contribution in [3.8, 4) is 0 Å². The smallest absolute Gasteiger partial charge is 0.193 e. The number of benzene rings is 1. The fourth-order valence-corrected chi connectivity index (χ4v) is 2.79. The Hall–Kier alpha value is -1.57. The van der Waals surface area contributed by atoms with E-state index in [-0.39, 0.29) is 24.0 Å². The Labute approximate surface area is 153 Å². The van der Waals surface area contributed by atoms with E-state index in [0.717, 1.165) is 36.4 Å². The highest BCUT2D eigenvalue weighted by Crippen LogP contribution is 2.24. The van der Waals surface area contributed by atoms with Crippen molar-refractivity contribution in [2.75, 3.05) is 5.32 Å². The van der Waals surface area contributed by atoms with E-state index >= 15 is 0 Å². The zero-order valence-corrected chi connectivity index (χ0v) is 15.7. The minimum atomic E-state index is 0. The second kappa shape index (κ2) is 8.33. The van der Waals surface area contributed by atoms with Gasteiger partial charge in [-0.3, -0.25) is 0 Å². The maximum atomic E-state index is 5.97. The van der Waals surface area contributed by atoms with Gasteiger partial charge in [-0.25, -0.2) is 4.99 Å². The molecule has 2 aromatic rings. The SMILES string of the molecule is CCc1cccc(NC(N)=NCc2noc3c2CCCC3)c1.I. The predicted octanol–water partition coefficient (Wildman–Crippen LogP) is 3.66. The summed E-state index contributed by atoms with van der Waals surface area (Å²) < 4.78 is 5.39. The summed E-state index contributed by atoms with van der Waals surface area (Å²) in [5.41, 5.74) is 10.3. The average molecular weight is 426 g/mol. The van der Waals surface area contributed by atoms with Crippen LogP contribution in [0.1, 0.15) is 42.3 Å². The van der Waals surface area contributed by atoms with Crippen molar-refractivity contribution < 1.29 is 4.52 Å². The fourth-order valence-electron chi connectivity index (χ4n) is 2.79. The standard InChI is InChI=1S/C17H22N4O.HI/c1-2-12-6-5-7-13(10-12)20-17(18)19-11-15-14-8-3-4-9-16(14)22-21-15;/h5-7,10H,2-4,8-9,11H2,1H3,(H3,18,19,20);1H. The van der Waals surface area contributed by atoms with Gasteiger partial charge in [0.2, 0.25) is 0 Å². The van der Waals surface area contributed by atoms with E-state index in [1.54, 1.807) is 0 Å². The van der Waals surface area contributed by atoms with Crippen LogP contribution in [0.15, 0.2) is 33.8 Å². The first-order chi connectivity index (χ1) is 10.8. The minimum Gasteiger partial charge on any atom is -0.370 e. The highest BCUT2D eigenvalue weighted by molar-refractivity contribution is 14.0. The minimum absolute atomic E-state index is 0. The number of aliphatic imine (C=N–C) groups is 1. The molecule has 3 N–H and O–H groups in total. The molecular formula is C17H23IN4O. The zero-order valence-electron chi connectivity index (χ0n) is 13.3. The number of rotatable bonds is 4. The molecule has 1 aliphatic rings. The number of nitrogens with zero attached hydrogens (tertiary/aromatic N) is 2. The lowest BCUT2D eigenvalue weighted by Gasteiger charge is -2.09. The molecule has 1 heterocycles. The summed E-state index contributed by atoms with van der Waals surface area (Å²) in [5, 5.41) is 7.27. The van der Waals surface area contributed by atoms with E-state index in [0.29, 0.717) is 12.5 Å². The summed E-state index contributed by atoms with van der Waals surface area (Å²) in [6.07, 6.45) is 5.40. The Morgan fingerprint density at radius 1 is 1.35 bits per heavy atom. The summed E-state index contributed by atoms with van der Waals surface area (Å²) >= 11 is 0. The van der Waals surface area contributed by atoms with Gasteiger partial charge in [-0.2, -0.15) is 0 Å². The van der Waals surface area contributed by atoms with Gasteiger partial charge in [-0.05, 0) is 43.4 Å². The van der Waals surface area contributed by atoms with Gasteiger partial charge in [0.15, 0.2) is 5.96 Å². The van der Waals surface area contributed by atoms with E-state index in [4.69, 9.17) is 10.3 Å². The monoisotopic (exact) mass is 426 g/mol. The Kier molecular flexibility index (Phi) is 6.44. The Balaban J connectivity index is 0.00000192. The molecule has 0 bridgehead atoms. The third-order valence-corrected chi connectivity index (χ3v) is 4.04. The lowest BCUT2D eigenvalue weighted by Crippen LogP contribution is -2.22. The van der Waals surface area contributed by atoms with Crippen molar-refractivity contribution >= 4 is 35.6 Å². The second-order valence-corrected chi connectivity index (χ2v) is 5.62. The highest BCUT2D eigenvalue weighted by atomic mass is 127. The van der Waals surface area contributed by atoms with Gasteiger partial charge in [0.25, 0.3) is 0 Å². The van der Waals surface area contributed by atoms with Gasteiger partial charge in [0.1, 0.15) is 11.5 Å². The van der Waals surface area contributed by atoms with Gasteiger partial charge in [0, 0.05) is 17.7 Å². The van der Waals surface area contributed by atoms with Crippen molar-refractivity contribution in [2.45, 2.75) is 45.6 Å². The predicted molar refractivity (Wildman–Crippen MR) is 103 cm³/mol. The summed E-state index contributed by atoms with van der Waals surface area (Å²) in [6.45, 7) is 2.59. The molecular weight excluding hydrogens is 403 g/mol. The number of guanidine groups is 1. The molecule has 3 rings (SSSR count). The van der Waals surface area contributed by atoms with Crippen LogP contribution in [0.2, 0.25) is 0 Å². The third kappa shape index (κ3) is 4.46. The Morgan fingerprint density at radius 2 is 2.17 bits per heavy atom. The summed E-state index contributed by atoms with van der Waals surface area (Å²) in [5.74, 6) is 1.43. The molecule has 1 aromatic heterocycles. The number of fused-ring (bicyclic) bond motifs is 1. The maximum absolute atomic E-state index is 5.97. The molecule has 0 saturated heterocycles. The van der Waals surface area contributed by atoms with Gasteiger partial charge >= 0.3 is 0 Å². The molecule has 6 heteroatoms. The number of halogens is 1. The molecule has 0 amide bonds. The lowest BCUT2D eigenvalue weighted by molar-refractivity contribution is 0.368. The quantitative estimate of drug-likeness (QED) is 0.445. The first-order valence-corrected chi connectivity index (χ1v) is 7.88. The number of aryl methyl sites for hydroxylation is 2. The Bertz CT molecular complexity index is 681. The van der Waals surface area contributed by atoms with Crippen LogP contribution in [0.3, 0.4) is 0 Å². The summed E-state index contributed by atoms with van der Waals surface area (Å²) in [6, 6.07) is 8.18. The van der Waals surface area contributed by atoms with Gasteiger partial charge < -0.3 is 15.6 Å². The molecule has 0 radical (unpaired) electrons. The van der Waals surface area contributed by atoms with Gasteiger partial charge in [0.05, 0.1) is 6.54 Å². The van der Waals surface area contributed by atoms with Crippen molar-refractivity contribution in [3.63, 3.8) is 0 Å². The highest BCUT2D eigenvalue weighted by Gasteiger charge is 2.18. The molecule has 124 valence electrons. The normalized spacial score (nSPS) is 14.0. The van der Waals surface area contributed by atoms with E-state index in [1.165, 1.54) is 24.0 Å². The molecule has 0 spiro atoms. The van der Waals surface area contributed by atoms with Crippen LogP contribution in [0.4, 0.5) is 5.69 Å². The maximum Gasteiger partial charge on any atom is 0.193 e. The van der Waals surface area contributed by atoms with Crippen LogP contribution in [0.5, 0.6) is 0 Å². The summed E-state index contributed by atoms with van der Waals surface area (Å²) in [4.78, 5) is 4.39. The topological polar surface area (TPSA) is 76.4 Å². The zero-order chi connectivity index (χ0) is 15.4. The number of aromatic nitrogens is 1. The van der Waals surface area contributed by atoms with Gasteiger partial charge in [-0.1, -0.05) is 24.2 Å². The van der Waals surface area contributed by atoms with Crippen molar-refractivity contribution in [3.05, 3.63) is 46.8 Å². The number of anilines is 1. The number of hydrogen-bond donors (Lipinski definition) is 2. The van der Waals surface area contributed by atoms with Gasteiger partial charge in [-0.15, -0.1) is 24.0 Å². The third-order valence-electron chi connectivity index (χ3n) is 4.04. The van der Waals surface area contributed by atoms with Crippen molar-refractivity contribution in [2.24, 2.45) is 10.7 Å². The molecule has 0 atom stereocenters. The van der Waals surface area contributed by atoms with Crippen LogP contribution >= 0.6 is 24.0 Å². The second-order valence-electron chi connectivity index (χ2n) is 5.62. The fraction of sp³-hybridized carbons (Fsp3) is 0.412. The number of hydrogen-bond acceptors (Lipinski definition) is 3. The molecule has 1 aromatic carbocycles. The van der Waals surface area contributed by atoms with Crippen molar-refractivity contribution in [1.29, 1.82) is 0 Å².